The number of phenols is 1. The fraction of sp³-hybridized carbons (Fsp3) is 0.333. The molecule has 3 aromatic carbocycles. The van der Waals surface area contributed by atoms with Crippen molar-refractivity contribution in [2.24, 2.45) is 0 Å². The Morgan fingerprint density at radius 2 is 1.75 bits per heavy atom. The van der Waals surface area contributed by atoms with E-state index in [1.165, 1.54) is 32.0 Å². The van der Waals surface area contributed by atoms with E-state index in [0.29, 0.717) is 24.5 Å². The van der Waals surface area contributed by atoms with Crippen LogP contribution in [0.5, 0.6) is 17.2 Å². The highest BCUT2D eigenvalue weighted by atomic mass is 19.1. The van der Waals surface area contributed by atoms with Crippen molar-refractivity contribution in [3.63, 3.8) is 0 Å². The first-order valence-corrected chi connectivity index (χ1v) is 11.3. The van der Waals surface area contributed by atoms with Gasteiger partial charge in [-0.25, -0.2) is 4.39 Å². The number of aromatic hydroxyl groups is 1. The van der Waals surface area contributed by atoms with Crippen molar-refractivity contribution < 1.29 is 19.0 Å². The van der Waals surface area contributed by atoms with E-state index in [2.05, 4.69) is 17.0 Å². The smallest absolute Gasteiger partial charge is 0.126 e. The second-order valence-electron chi connectivity index (χ2n) is 8.61. The molecule has 166 valence electrons. The molecule has 5 heteroatoms. The van der Waals surface area contributed by atoms with Crippen molar-refractivity contribution >= 4 is 0 Å². The summed E-state index contributed by atoms with van der Waals surface area (Å²) < 4.78 is 26.6. The number of hydrogen-bond acceptors (Lipinski definition) is 4. The van der Waals surface area contributed by atoms with Gasteiger partial charge in [-0.3, -0.25) is 4.90 Å². The SMILES string of the molecule is Oc1ccc2c(c1)OC[C@@H](c1ccccc1F)[C@H]2c1ccc(OCCN2CCCC2)cc1. The predicted octanol–water partition coefficient (Wildman–Crippen LogP) is 5.31. The lowest BCUT2D eigenvalue weighted by Crippen LogP contribution is -2.26. The number of nitrogens with zero attached hydrogens (tertiary/aromatic N) is 1. The summed E-state index contributed by atoms with van der Waals surface area (Å²) in [6, 6.07) is 20.2. The molecule has 1 N–H and O–H groups in total. The maximum Gasteiger partial charge on any atom is 0.126 e. The van der Waals surface area contributed by atoms with E-state index in [-0.39, 0.29) is 23.4 Å². The Hall–Kier alpha value is -3.05. The molecule has 2 aliphatic heterocycles. The van der Waals surface area contributed by atoms with Gasteiger partial charge in [0, 0.05) is 30.0 Å². The zero-order chi connectivity index (χ0) is 21.9. The van der Waals surface area contributed by atoms with Gasteiger partial charge >= 0.3 is 0 Å². The molecule has 1 saturated heterocycles. The number of likely N-dealkylation sites (tertiary alicyclic amines) is 1. The summed E-state index contributed by atoms with van der Waals surface area (Å²) in [6.45, 7) is 4.30. The molecule has 0 amide bonds. The van der Waals surface area contributed by atoms with Crippen molar-refractivity contribution in [2.45, 2.75) is 24.7 Å². The van der Waals surface area contributed by atoms with Crippen LogP contribution in [-0.4, -0.2) is 42.9 Å². The van der Waals surface area contributed by atoms with Gasteiger partial charge in [0.15, 0.2) is 0 Å². The number of halogens is 1. The lowest BCUT2D eigenvalue weighted by Gasteiger charge is -2.34. The topological polar surface area (TPSA) is 41.9 Å². The fourth-order valence-corrected chi connectivity index (χ4v) is 4.92. The van der Waals surface area contributed by atoms with Crippen molar-refractivity contribution in [3.8, 4) is 17.2 Å². The minimum atomic E-state index is -0.227. The lowest BCUT2D eigenvalue weighted by molar-refractivity contribution is 0.237. The molecule has 2 heterocycles. The Morgan fingerprint density at radius 3 is 2.53 bits per heavy atom. The van der Waals surface area contributed by atoms with Gasteiger partial charge in [0.25, 0.3) is 0 Å². The van der Waals surface area contributed by atoms with E-state index >= 15 is 0 Å². The van der Waals surface area contributed by atoms with Gasteiger partial charge < -0.3 is 14.6 Å². The largest absolute Gasteiger partial charge is 0.508 e. The number of phenolic OH excluding ortho intramolecular Hbond substituents is 1. The molecule has 0 unspecified atom stereocenters. The number of rotatable bonds is 6. The highest BCUT2D eigenvalue weighted by Crippen LogP contribution is 2.47. The Kier molecular flexibility index (Phi) is 5.99. The van der Waals surface area contributed by atoms with E-state index in [4.69, 9.17) is 9.47 Å². The third kappa shape index (κ3) is 4.30. The molecule has 0 spiro atoms. The van der Waals surface area contributed by atoms with E-state index < -0.39 is 0 Å². The standard InChI is InChI=1S/C27H28FNO3/c28-25-6-2-1-5-22(25)24-18-32-26-17-20(30)9-12-23(26)27(24)19-7-10-21(11-8-19)31-16-15-29-13-3-4-14-29/h1-2,5-12,17,24,27,30H,3-4,13-16,18H2/t24-,27-/m0/s1. The molecule has 0 radical (unpaired) electrons. The van der Waals surface area contributed by atoms with E-state index in [1.54, 1.807) is 18.2 Å². The van der Waals surface area contributed by atoms with Crippen LogP contribution in [0.1, 0.15) is 41.4 Å². The molecule has 3 aromatic rings. The molecule has 32 heavy (non-hydrogen) atoms. The average molecular weight is 434 g/mol. The molecule has 5 rings (SSSR count). The molecule has 0 aliphatic carbocycles. The van der Waals surface area contributed by atoms with Crippen LogP contribution in [0, 0.1) is 5.82 Å². The molecule has 0 bridgehead atoms. The molecule has 1 fully saturated rings. The van der Waals surface area contributed by atoms with Crippen molar-refractivity contribution in [3.05, 3.63) is 89.2 Å². The van der Waals surface area contributed by atoms with E-state index in [0.717, 1.165) is 23.4 Å². The lowest BCUT2D eigenvalue weighted by atomic mass is 9.75. The zero-order valence-electron chi connectivity index (χ0n) is 18.0. The Morgan fingerprint density at radius 1 is 0.969 bits per heavy atom. The van der Waals surface area contributed by atoms with Crippen LogP contribution in [0.25, 0.3) is 0 Å². The van der Waals surface area contributed by atoms with Crippen LogP contribution < -0.4 is 9.47 Å². The third-order valence-corrected chi connectivity index (χ3v) is 6.57. The van der Waals surface area contributed by atoms with Gasteiger partial charge in [-0.05, 0) is 61.3 Å². The number of ether oxygens (including phenoxy) is 2. The van der Waals surface area contributed by atoms with Crippen LogP contribution in [0.3, 0.4) is 0 Å². The van der Waals surface area contributed by atoms with Gasteiger partial charge in [-0.1, -0.05) is 36.4 Å². The van der Waals surface area contributed by atoms with Gasteiger partial charge in [-0.2, -0.15) is 0 Å². The van der Waals surface area contributed by atoms with Crippen LogP contribution in [0.15, 0.2) is 66.7 Å². The number of hydrogen-bond donors (Lipinski definition) is 1. The maximum absolute atomic E-state index is 14.7. The highest BCUT2D eigenvalue weighted by Gasteiger charge is 2.35. The van der Waals surface area contributed by atoms with Gasteiger partial charge in [0.1, 0.15) is 29.7 Å². The first-order chi connectivity index (χ1) is 15.7. The van der Waals surface area contributed by atoms with Gasteiger partial charge in [0.05, 0.1) is 6.61 Å². The van der Waals surface area contributed by atoms with Gasteiger partial charge in [-0.15, -0.1) is 0 Å². The summed E-state index contributed by atoms with van der Waals surface area (Å²) in [7, 11) is 0. The molecular formula is C27H28FNO3. The molecule has 0 aromatic heterocycles. The minimum absolute atomic E-state index is 0.0881. The van der Waals surface area contributed by atoms with E-state index in [9.17, 15) is 9.50 Å². The summed E-state index contributed by atoms with van der Waals surface area (Å²) >= 11 is 0. The fourth-order valence-electron chi connectivity index (χ4n) is 4.92. The summed E-state index contributed by atoms with van der Waals surface area (Å²) in [5.41, 5.74) is 2.66. The summed E-state index contributed by atoms with van der Waals surface area (Å²) in [5.74, 6) is 1.16. The predicted molar refractivity (Wildman–Crippen MR) is 122 cm³/mol. The monoisotopic (exact) mass is 433 g/mol. The molecular weight excluding hydrogens is 405 g/mol. The van der Waals surface area contributed by atoms with Gasteiger partial charge in [0.2, 0.25) is 0 Å². The highest BCUT2D eigenvalue weighted by molar-refractivity contribution is 5.51. The summed E-state index contributed by atoms with van der Waals surface area (Å²) in [4.78, 5) is 2.43. The van der Waals surface area contributed by atoms with Crippen molar-refractivity contribution in [2.75, 3.05) is 32.8 Å². The number of benzene rings is 3. The van der Waals surface area contributed by atoms with Crippen LogP contribution in [-0.2, 0) is 0 Å². The first-order valence-electron chi connectivity index (χ1n) is 11.3. The zero-order valence-corrected chi connectivity index (χ0v) is 18.0. The van der Waals surface area contributed by atoms with Crippen molar-refractivity contribution in [1.29, 1.82) is 0 Å². The molecule has 0 saturated carbocycles. The first kappa shape index (κ1) is 20.8. The summed E-state index contributed by atoms with van der Waals surface area (Å²) in [6.07, 6.45) is 2.56. The Bertz CT molecular complexity index is 1060. The summed E-state index contributed by atoms with van der Waals surface area (Å²) in [5, 5.41) is 9.91. The average Bonchev–Trinajstić information content (AvgIpc) is 3.33. The Labute approximate surface area is 188 Å². The van der Waals surface area contributed by atoms with Crippen molar-refractivity contribution in [1.82, 2.24) is 4.90 Å². The second kappa shape index (κ2) is 9.21. The quantitative estimate of drug-likeness (QED) is 0.572. The van der Waals surface area contributed by atoms with Crippen LogP contribution >= 0.6 is 0 Å². The maximum atomic E-state index is 14.7. The second-order valence-corrected chi connectivity index (χ2v) is 8.61. The van der Waals surface area contributed by atoms with E-state index in [1.807, 2.05) is 30.3 Å². The van der Waals surface area contributed by atoms with Crippen LogP contribution in [0.4, 0.5) is 4.39 Å². The molecule has 4 nitrogen and oxygen atoms in total. The molecule has 2 aliphatic rings. The van der Waals surface area contributed by atoms with Crippen LogP contribution in [0.2, 0.25) is 0 Å². The molecule has 2 atom stereocenters. The number of fused-ring (bicyclic) bond motifs is 1. The Balaban J connectivity index is 1.41. The third-order valence-electron chi connectivity index (χ3n) is 6.57. The minimum Gasteiger partial charge on any atom is -0.508 e. The normalized spacial score (nSPS) is 20.5.